The Morgan fingerprint density at radius 2 is 1.80 bits per heavy atom. The fraction of sp³-hybridized carbons (Fsp3) is 0.538. The van der Waals surface area contributed by atoms with Gasteiger partial charge in [0.05, 0.1) is 4.92 Å². The fourth-order valence-corrected chi connectivity index (χ4v) is 2.56. The van der Waals surface area contributed by atoms with Crippen LogP contribution in [0.15, 0.2) is 12.1 Å². The molecule has 0 aliphatic heterocycles. The lowest BCUT2D eigenvalue weighted by Crippen LogP contribution is -2.35. The molecule has 2 N–H and O–H groups in total. The topological polar surface area (TPSA) is 67.2 Å². The summed E-state index contributed by atoms with van der Waals surface area (Å²) in [5.41, 5.74) is -0.775. The quantitative estimate of drug-likeness (QED) is 0.659. The summed E-state index contributed by atoms with van der Waals surface area (Å²) in [7, 11) is 1.88. The first-order valence-corrected chi connectivity index (χ1v) is 6.59. The molecule has 0 aromatic heterocycles. The van der Waals surface area contributed by atoms with Gasteiger partial charge < -0.3 is 10.6 Å². The minimum Gasteiger partial charge on any atom is -0.374 e. The van der Waals surface area contributed by atoms with E-state index in [4.69, 9.17) is 0 Å². The van der Waals surface area contributed by atoms with Crippen LogP contribution in [0.25, 0.3) is 0 Å². The van der Waals surface area contributed by atoms with Crippen LogP contribution in [-0.4, -0.2) is 24.1 Å². The molecule has 0 amide bonds. The Morgan fingerprint density at radius 3 is 2.35 bits per heavy atom. The third-order valence-corrected chi connectivity index (χ3v) is 3.75. The highest BCUT2D eigenvalue weighted by Gasteiger charge is 2.26. The zero-order valence-electron chi connectivity index (χ0n) is 11.2. The first-order chi connectivity index (χ1) is 9.52. The molecule has 5 nitrogen and oxygen atoms in total. The van der Waals surface area contributed by atoms with Crippen LogP contribution >= 0.6 is 0 Å². The van der Waals surface area contributed by atoms with Gasteiger partial charge in [0.2, 0.25) is 0 Å². The second-order valence-corrected chi connectivity index (χ2v) is 4.99. The van der Waals surface area contributed by atoms with Crippen molar-refractivity contribution >= 4 is 11.4 Å². The van der Waals surface area contributed by atoms with E-state index in [0.717, 1.165) is 37.8 Å². The van der Waals surface area contributed by atoms with E-state index in [1.54, 1.807) is 0 Å². The number of anilines is 1. The second kappa shape index (κ2) is 6.13. The van der Waals surface area contributed by atoms with Crippen molar-refractivity contribution < 1.29 is 13.7 Å². The van der Waals surface area contributed by atoms with Crippen molar-refractivity contribution in [3.05, 3.63) is 33.9 Å². The first-order valence-electron chi connectivity index (χ1n) is 6.59. The largest absolute Gasteiger partial charge is 0.374 e. The van der Waals surface area contributed by atoms with E-state index in [1.807, 2.05) is 7.05 Å². The van der Waals surface area contributed by atoms with E-state index >= 15 is 0 Å². The summed E-state index contributed by atoms with van der Waals surface area (Å²) >= 11 is 0. The van der Waals surface area contributed by atoms with Gasteiger partial charge in [-0.2, -0.15) is 0 Å². The van der Waals surface area contributed by atoms with Crippen LogP contribution in [0.3, 0.4) is 0 Å². The molecule has 1 fully saturated rings. The van der Waals surface area contributed by atoms with E-state index in [0.29, 0.717) is 6.04 Å². The zero-order valence-corrected chi connectivity index (χ0v) is 11.2. The molecule has 0 saturated heterocycles. The van der Waals surface area contributed by atoms with Gasteiger partial charge in [-0.1, -0.05) is 0 Å². The summed E-state index contributed by atoms with van der Waals surface area (Å²) in [4.78, 5) is 10.2. The molecule has 1 aromatic carbocycles. The third kappa shape index (κ3) is 3.04. The maximum atomic E-state index is 13.8. The van der Waals surface area contributed by atoms with Crippen molar-refractivity contribution in [1.29, 1.82) is 0 Å². The highest BCUT2D eigenvalue weighted by molar-refractivity contribution is 5.63. The molecule has 1 saturated carbocycles. The van der Waals surface area contributed by atoms with Crippen LogP contribution in [-0.2, 0) is 0 Å². The lowest BCUT2D eigenvalue weighted by atomic mass is 9.91. The van der Waals surface area contributed by atoms with Crippen LogP contribution < -0.4 is 10.6 Å². The van der Waals surface area contributed by atoms with Gasteiger partial charge in [-0.25, -0.2) is 8.78 Å². The summed E-state index contributed by atoms with van der Waals surface area (Å²) < 4.78 is 27.0. The zero-order chi connectivity index (χ0) is 14.7. The number of halogens is 2. The Hall–Kier alpha value is -1.76. The molecular weight excluding hydrogens is 268 g/mol. The van der Waals surface area contributed by atoms with Crippen LogP contribution in [0.4, 0.5) is 20.2 Å². The molecule has 20 heavy (non-hydrogen) atoms. The standard InChI is InChI=1S/C13H17F2N3O2/c1-16-8-2-4-9(5-3-8)17-13-11(18(19)20)7-6-10(14)12(13)15/h6-9,16-17H,2-5H2,1H3. The van der Waals surface area contributed by atoms with E-state index < -0.39 is 22.2 Å². The van der Waals surface area contributed by atoms with Crippen molar-refractivity contribution in [2.75, 3.05) is 12.4 Å². The molecular formula is C13H17F2N3O2. The second-order valence-electron chi connectivity index (χ2n) is 4.99. The maximum Gasteiger partial charge on any atom is 0.295 e. The van der Waals surface area contributed by atoms with Gasteiger partial charge in [0.15, 0.2) is 17.3 Å². The summed E-state index contributed by atoms with van der Waals surface area (Å²) in [5.74, 6) is -2.27. The molecule has 0 atom stereocenters. The lowest BCUT2D eigenvalue weighted by molar-refractivity contribution is -0.384. The van der Waals surface area contributed by atoms with Gasteiger partial charge >= 0.3 is 0 Å². The van der Waals surface area contributed by atoms with Crippen molar-refractivity contribution in [1.82, 2.24) is 5.32 Å². The number of benzene rings is 1. The molecule has 1 aromatic rings. The van der Waals surface area contributed by atoms with E-state index in [-0.39, 0.29) is 11.7 Å². The molecule has 110 valence electrons. The predicted octanol–water partition coefficient (Wildman–Crippen LogP) is 2.82. The number of rotatable bonds is 4. The smallest absolute Gasteiger partial charge is 0.295 e. The van der Waals surface area contributed by atoms with Gasteiger partial charge in [0.25, 0.3) is 5.69 Å². The lowest BCUT2D eigenvalue weighted by Gasteiger charge is -2.29. The molecule has 0 radical (unpaired) electrons. The minimum absolute atomic E-state index is 0.0744. The highest BCUT2D eigenvalue weighted by atomic mass is 19.2. The molecule has 2 rings (SSSR count). The predicted molar refractivity (Wildman–Crippen MR) is 71.7 cm³/mol. The maximum absolute atomic E-state index is 13.8. The van der Waals surface area contributed by atoms with Crippen LogP contribution in [0.2, 0.25) is 0 Å². The van der Waals surface area contributed by atoms with Crippen LogP contribution in [0.5, 0.6) is 0 Å². The summed E-state index contributed by atoms with van der Waals surface area (Å²) in [5, 5.41) is 16.9. The van der Waals surface area contributed by atoms with E-state index in [2.05, 4.69) is 10.6 Å². The molecule has 0 spiro atoms. The normalized spacial score (nSPS) is 22.6. The monoisotopic (exact) mass is 285 g/mol. The number of nitro groups is 1. The molecule has 1 aliphatic rings. The highest BCUT2D eigenvalue weighted by Crippen LogP contribution is 2.32. The summed E-state index contributed by atoms with van der Waals surface area (Å²) in [6, 6.07) is 2.10. The average Bonchev–Trinajstić information content (AvgIpc) is 2.44. The number of hydrogen-bond acceptors (Lipinski definition) is 4. The number of nitrogens with zero attached hydrogens (tertiary/aromatic N) is 1. The van der Waals surface area contributed by atoms with Crippen LogP contribution in [0.1, 0.15) is 25.7 Å². The molecule has 0 bridgehead atoms. The van der Waals surface area contributed by atoms with E-state index in [9.17, 15) is 18.9 Å². The molecule has 1 aliphatic carbocycles. The van der Waals surface area contributed by atoms with Crippen molar-refractivity contribution in [3.63, 3.8) is 0 Å². The van der Waals surface area contributed by atoms with E-state index in [1.165, 1.54) is 0 Å². The fourth-order valence-electron chi connectivity index (χ4n) is 2.56. The van der Waals surface area contributed by atoms with Gasteiger partial charge in [-0.05, 0) is 38.8 Å². The van der Waals surface area contributed by atoms with Gasteiger partial charge in [-0.3, -0.25) is 10.1 Å². The van der Waals surface area contributed by atoms with Gasteiger partial charge in [-0.15, -0.1) is 0 Å². The number of hydrogen-bond donors (Lipinski definition) is 2. The van der Waals surface area contributed by atoms with Crippen molar-refractivity contribution in [2.45, 2.75) is 37.8 Å². The van der Waals surface area contributed by atoms with Gasteiger partial charge in [0, 0.05) is 18.2 Å². The minimum atomic E-state index is -1.19. The van der Waals surface area contributed by atoms with Crippen LogP contribution in [0, 0.1) is 21.7 Å². The molecule has 7 heteroatoms. The Kier molecular flexibility index (Phi) is 4.49. The SMILES string of the molecule is CNC1CCC(Nc2c([N+](=O)[O-])ccc(F)c2F)CC1. The molecule has 0 heterocycles. The first kappa shape index (κ1) is 14.6. The Balaban J connectivity index is 2.16. The average molecular weight is 285 g/mol. The Bertz CT molecular complexity index is 503. The van der Waals surface area contributed by atoms with Gasteiger partial charge in [0.1, 0.15) is 0 Å². The van der Waals surface area contributed by atoms with Crippen molar-refractivity contribution in [3.8, 4) is 0 Å². The summed E-state index contributed by atoms with van der Waals surface area (Å²) in [6.07, 6.45) is 3.33. The Morgan fingerprint density at radius 1 is 1.20 bits per heavy atom. The third-order valence-electron chi connectivity index (χ3n) is 3.75. The molecule has 0 unspecified atom stereocenters. The number of nitrogens with one attached hydrogen (secondary N) is 2. The van der Waals surface area contributed by atoms with Crippen molar-refractivity contribution in [2.24, 2.45) is 0 Å². The number of nitro benzene ring substituents is 1. The summed E-state index contributed by atoms with van der Waals surface area (Å²) in [6.45, 7) is 0. The Labute approximate surface area is 115 Å².